The Morgan fingerprint density at radius 2 is 1.84 bits per heavy atom. The molecule has 0 amide bonds. The third-order valence-corrected chi connectivity index (χ3v) is 5.22. The zero-order valence-corrected chi connectivity index (χ0v) is 14.8. The molecule has 1 aliphatic rings. The lowest BCUT2D eigenvalue weighted by Gasteiger charge is -2.09. The first-order valence-corrected chi connectivity index (χ1v) is 9.68. The summed E-state index contributed by atoms with van der Waals surface area (Å²) in [5.41, 5.74) is 0.798. The van der Waals surface area contributed by atoms with Gasteiger partial charge in [0.25, 0.3) is 0 Å². The Balaban J connectivity index is 1.61. The van der Waals surface area contributed by atoms with Crippen molar-refractivity contribution in [1.82, 2.24) is 4.72 Å². The van der Waals surface area contributed by atoms with Crippen LogP contribution in [0.2, 0.25) is 0 Å². The summed E-state index contributed by atoms with van der Waals surface area (Å²) in [6, 6.07) is 11.8. The maximum absolute atomic E-state index is 12.4. The lowest BCUT2D eigenvalue weighted by atomic mass is 10.2. The molecule has 0 radical (unpaired) electrons. The van der Waals surface area contributed by atoms with Crippen LogP contribution in [-0.2, 0) is 16.6 Å². The number of benzene rings is 2. The van der Waals surface area contributed by atoms with E-state index in [1.165, 1.54) is 0 Å². The molecule has 2 aromatic rings. The van der Waals surface area contributed by atoms with E-state index in [-0.39, 0.29) is 18.2 Å². The van der Waals surface area contributed by atoms with Crippen molar-refractivity contribution >= 4 is 10.0 Å². The summed E-state index contributed by atoms with van der Waals surface area (Å²) in [6.45, 7) is 3.08. The van der Waals surface area contributed by atoms with Gasteiger partial charge in [-0.3, -0.25) is 0 Å². The standard InChI is InChI=1S/C18H21NO5S/c1-2-3-10-22-15-5-7-16(8-6-15)25(20,21)19-12-14-4-9-17-18(11-14)24-13-23-17/h4-9,11,19H,2-3,10,12-13H2,1H3. The SMILES string of the molecule is CCCCOc1ccc(S(=O)(=O)NCc2ccc3c(c2)OCO3)cc1. The van der Waals surface area contributed by atoms with Crippen molar-refractivity contribution in [2.24, 2.45) is 0 Å². The Morgan fingerprint density at radius 1 is 1.08 bits per heavy atom. The lowest BCUT2D eigenvalue weighted by molar-refractivity contribution is 0.174. The zero-order valence-electron chi connectivity index (χ0n) is 14.0. The van der Waals surface area contributed by atoms with Gasteiger partial charge in [-0.05, 0) is 48.4 Å². The van der Waals surface area contributed by atoms with Crippen LogP contribution < -0.4 is 18.9 Å². The van der Waals surface area contributed by atoms with Gasteiger partial charge in [-0.1, -0.05) is 19.4 Å². The molecule has 0 unspecified atom stereocenters. The predicted octanol–water partition coefficient (Wildman–Crippen LogP) is 3.07. The number of hydrogen-bond donors (Lipinski definition) is 1. The van der Waals surface area contributed by atoms with Crippen molar-refractivity contribution in [2.75, 3.05) is 13.4 Å². The Labute approximate surface area is 147 Å². The van der Waals surface area contributed by atoms with Gasteiger partial charge in [0.1, 0.15) is 5.75 Å². The van der Waals surface area contributed by atoms with Crippen molar-refractivity contribution in [3.63, 3.8) is 0 Å². The van der Waals surface area contributed by atoms with Crippen molar-refractivity contribution in [3.05, 3.63) is 48.0 Å². The van der Waals surface area contributed by atoms with E-state index in [4.69, 9.17) is 14.2 Å². The van der Waals surface area contributed by atoms with Crippen LogP contribution in [0.1, 0.15) is 25.3 Å². The fourth-order valence-electron chi connectivity index (χ4n) is 2.36. The minimum absolute atomic E-state index is 0.174. The molecule has 6 nitrogen and oxygen atoms in total. The smallest absolute Gasteiger partial charge is 0.240 e. The predicted molar refractivity (Wildman–Crippen MR) is 93.4 cm³/mol. The molecule has 0 bridgehead atoms. The molecule has 0 fully saturated rings. The number of hydrogen-bond acceptors (Lipinski definition) is 5. The number of rotatable bonds is 8. The average Bonchev–Trinajstić information content (AvgIpc) is 3.08. The van der Waals surface area contributed by atoms with Crippen LogP contribution in [0, 0.1) is 0 Å². The zero-order chi connectivity index (χ0) is 17.7. The van der Waals surface area contributed by atoms with Crippen molar-refractivity contribution in [3.8, 4) is 17.2 Å². The summed E-state index contributed by atoms with van der Waals surface area (Å²) in [5.74, 6) is 1.97. The van der Waals surface area contributed by atoms with Gasteiger partial charge in [0.05, 0.1) is 11.5 Å². The van der Waals surface area contributed by atoms with E-state index in [0.29, 0.717) is 23.9 Å². The highest BCUT2D eigenvalue weighted by Gasteiger charge is 2.16. The molecule has 0 spiro atoms. The molecule has 0 saturated heterocycles. The van der Waals surface area contributed by atoms with Gasteiger partial charge < -0.3 is 14.2 Å². The number of sulfonamides is 1. The van der Waals surface area contributed by atoms with Crippen LogP contribution in [0.5, 0.6) is 17.2 Å². The summed E-state index contributed by atoms with van der Waals surface area (Å²) in [4.78, 5) is 0.205. The summed E-state index contributed by atoms with van der Waals surface area (Å²) >= 11 is 0. The molecule has 134 valence electrons. The number of unbranched alkanes of at least 4 members (excludes halogenated alkanes) is 1. The van der Waals surface area contributed by atoms with Crippen molar-refractivity contribution in [2.45, 2.75) is 31.2 Å². The summed E-state index contributed by atoms with van der Waals surface area (Å²) in [6.07, 6.45) is 2.02. The Bertz CT molecular complexity index is 818. The normalized spacial score (nSPS) is 13.0. The van der Waals surface area contributed by atoms with Gasteiger partial charge >= 0.3 is 0 Å². The maximum atomic E-state index is 12.4. The number of nitrogens with one attached hydrogen (secondary N) is 1. The first-order chi connectivity index (χ1) is 12.1. The van der Waals surface area contributed by atoms with Crippen LogP contribution in [-0.4, -0.2) is 21.8 Å². The topological polar surface area (TPSA) is 73.9 Å². The third kappa shape index (κ3) is 4.43. The van der Waals surface area contributed by atoms with Crippen LogP contribution in [0.3, 0.4) is 0 Å². The fraction of sp³-hybridized carbons (Fsp3) is 0.333. The second kappa shape index (κ2) is 7.76. The summed E-state index contributed by atoms with van der Waals surface area (Å²) in [7, 11) is -3.59. The molecule has 1 aliphatic heterocycles. The van der Waals surface area contributed by atoms with E-state index in [0.717, 1.165) is 18.4 Å². The summed E-state index contributed by atoms with van der Waals surface area (Å²) < 4.78 is 43.5. The van der Waals surface area contributed by atoms with Gasteiger partial charge in [0.2, 0.25) is 16.8 Å². The minimum Gasteiger partial charge on any atom is -0.494 e. The molecule has 0 aliphatic carbocycles. The van der Waals surface area contributed by atoms with Gasteiger partial charge in [-0.2, -0.15) is 0 Å². The largest absolute Gasteiger partial charge is 0.494 e. The molecule has 0 saturated carbocycles. The Kier molecular flexibility index (Phi) is 5.45. The van der Waals surface area contributed by atoms with Gasteiger partial charge in [-0.15, -0.1) is 0 Å². The van der Waals surface area contributed by atoms with E-state index in [9.17, 15) is 8.42 Å². The Hall–Kier alpha value is -2.25. The van der Waals surface area contributed by atoms with Crippen LogP contribution in [0.15, 0.2) is 47.4 Å². The second-order valence-electron chi connectivity index (χ2n) is 5.69. The maximum Gasteiger partial charge on any atom is 0.240 e. The minimum atomic E-state index is -3.59. The van der Waals surface area contributed by atoms with E-state index in [1.807, 2.05) is 0 Å². The fourth-order valence-corrected chi connectivity index (χ4v) is 3.38. The number of ether oxygens (including phenoxy) is 3. The third-order valence-electron chi connectivity index (χ3n) is 3.80. The molecule has 1 heterocycles. The highest BCUT2D eigenvalue weighted by atomic mass is 32.2. The highest BCUT2D eigenvalue weighted by Crippen LogP contribution is 2.32. The van der Waals surface area contributed by atoms with Gasteiger partial charge in [0, 0.05) is 6.54 Å². The van der Waals surface area contributed by atoms with Gasteiger partial charge in [-0.25, -0.2) is 13.1 Å². The Morgan fingerprint density at radius 3 is 2.60 bits per heavy atom. The molecule has 0 atom stereocenters. The lowest BCUT2D eigenvalue weighted by Crippen LogP contribution is -2.23. The van der Waals surface area contributed by atoms with E-state index in [2.05, 4.69) is 11.6 Å². The van der Waals surface area contributed by atoms with Crippen LogP contribution in [0.25, 0.3) is 0 Å². The van der Waals surface area contributed by atoms with E-state index < -0.39 is 10.0 Å². The van der Waals surface area contributed by atoms with Crippen LogP contribution in [0.4, 0.5) is 0 Å². The van der Waals surface area contributed by atoms with Crippen LogP contribution >= 0.6 is 0 Å². The van der Waals surface area contributed by atoms with E-state index >= 15 is 0 Å². The molecule has 1 N–H and O–H groups in total. The number of fused-ring (bicyclic) bond motifs is 1. The first-order valence-electron chi connectivity index (χ1n) is 8.19. The molecular weight excluding hydrogens is 342 g/mol. The van der Waals surface area contributed by atoms with Crippen molar-refractivity contribution < 1.29 is 22.6 Å². The molecular formula is C18H21NO5S. The molecule has 0 aromatic heterocycles. The first kappa shape index (κ1) is 17.6. The monoisotopic (exact) mass is 363 g/mol. The summed E-state index contributed by atoms with van der Waals surface area (Å²) in [5, 5.41) is 0. The molecule has 25 heavy (non-hydrogen) atoms. The quantitative estimate of drug-likeness (QED) is 0.730. The van der Waals surface area contributed by atoms with Gasteiger partial charge in [0.15, 0.2) is 11.5 Å². The molecule has 7 heteroatoms. The van der Waals surface area contributed by atoms with Crippen molar-refractivity contribution in [1.29, 1.82) is 0 Å². The molecule has 2 aromatic carbocycles. The highest BCUT2D eigenvalue weighted by molar-refractivity contribution is 7.89. The molecule has 3 rings (SSSR count). The van der Waals surface area contributed by atoms with E-state index in [1.54, 1.807) is 42.5 Å². The average molecular weight is 363 g/mol. The second-order valence-corrected chi connectivity index (χ2v) is 7.45.